The zero-order chi connectivity index (χ0) is 21.0. The van der Waals surface area contributed by atoms with Crippen LogP contribution in [0.5, 0.6) is 0 Å². The Labute approximate surface area is 166 Å². The highest BCUT2D eigenvalue weighted by Gasteiger charge is 2.38. The smallest absolute Gasteiger partial charge is 0.323 e. The van der Waals surface area contributed by atoms with Crippen molar-refractivity contribution in [3.8, 4) is 0 Å². The summed E-state index contributed by atoms with van der Waals surface area (Å²) in [6.45, 7) is 2.45. The van der Waals surface area contributed by atoms with E-state index in [9.17, 15) is 22.8 Å². The van der Waals surface area contributed by atoms with Crippen molar-refractivity contribution in [1.29, 1.82) is 0 Å². The van der Waals surface area contributed by atoms with Gasteiger partial charge in [0.15, 0.2) is 5.92 Å². The van der Waals surface area contributed by atoms with Crippen LogP contribution >= 0.6 is 0 Å². The number of halogens is 3. The lowest BCUT2D eigenvalue weighted by molar-refractivity contribution is -0.137. The monoisotopic (exact) mass is 403 g/mol. The van der Waals surface area contributed by atoms with E-state index in [4.69, 9.17) is 0 Å². The van der Waals surface area contributed by atoms with Crippen molar-refractivity contribution in [3.05, 3.63) is 54.1 Å². The van der Waals surface area contributed by atoms with Crippen molar-refractivity contribution >= 4 is 35.1 Å². The number of anilines is 3. The Hall–Kier alpha value is -3.16. The molecule has 1 unspecified atom stereocenters. The number of para-hydroxylation sites is 1. The van der Waals surface area contributed by atoms with Gasteiger partial charge in [-0.15, -0.1) is 0 Å². The largest absolute Gasteiger partial charge is 0.416 e. The molecule has 1 N–H and O–H groups in total. The molecule has 152 valence electrons. The molecule has 0 aromatic heterocycles. The number of carbonyl (C=O) groups excluding carboxylic acids is 2. The van der Waals surface area contributed by atoms with E-state index in [0.717, 1.165) is 35.9 Å². The topological polar surface area (TPSA) is 61.8 Å². The minimum atomic E-state index is -4.59. The first-order valence-corrected chi connectivity index (χ1v) is 9.24. The number of fused-ring (bicyclic) bond motifs is 1. The highest BCUT2D eigenvalue weighted by Crippen LogP contribution is 2.40. The first-order chi connectivity index (χ1) is 13.8. The molecule has 0 bridgehead atoms. The Bertz CT molecular complexity index is 927. The van der Waals surface area contributed by atoms with Gasteiger partial charge in [0.25, 0.3) is 0 Å². The first-order valence-electron chi connectivity index (χ1n) is 9.24. The Morgan fingerprint density at radius 3 is 2.52 bits per heavy atom. The molecular formula is C21H20F3N3O2. The van der Waals surface area contributed by atoms with Crippen LogP contribution in [0.15, 0.2) is 53.5 Å². The summed E-state index contributed by atoms with van der Waals surface area (Å²) in [7, 11) is 0. The third kappa shape index (κ3) is 4.47. The number of amides is 2. The number of hydrogen-bond donors (Lipinski definition) is 1. The van der Waals surface area contributed by atoms with Gasteiger partial charge in [-0.1, -0.05) is 31.5 Å². The molecule has 29 heavy (non-hydrogen) atoms. The minimum absolute atomic E-state index is 0.0335. The van der Waals surface area contributed by atoms with Crippen molar-refractivity contribution in [2.45, 2.75) is 25.9 Å². The van der Waals surface area contributed by atoms with Crippen molar-refractivity contribution in [2.24, 2.45) is 10.9 Å². The Morgan fingerprint density at radius 1 is 1.14 bits per heavy atom. The lowest BCUT2D eigenvalue weighted by atomic mass is 10.1. The normalized spacial score (nSPS) is 17.2. The standard InChI is InChI=1S/C21H20F3N3O2/c1-2-3-11-25-13-16-19(28)26-17-10-9-14(21(22,23)24)12-18(17)27(20(16)29)15-7-5-4-6-8-15/h4-10,12-13,16H,2-3,11H2,1H3,(H,26,28). The van der Waals surface area contributed by atoms with E-state index < -0.39 is 29.5 Å². The molecule has 0 radical (unpaired) electrons. The number of alkyl halides is 3. The average Bonchev–Trinajstić information content (AvgIpc) is 2.78. The number of nitrogens with one attached hydrogen (secondary N) is 1. The summed E-state index contributed by atoms with van der Waals surface area (Å²) in [5.41, 5.74) is -0.450. The van der Waals surface area contributed by atoms with Crippen LogP contribution in [0.4, 0.5) is 30.2 Å². The van der Waals surface area contributed by atoms with Gasteiger partial charge in [0.05, 0.1) is 16.9 Å². The average molecular weight is 403 g/mol. The van der Waals surface area contributed by atoms with Crippen LogP contribution in [-0.4, -0.2) is 24.6 Å². The predicted molar refractivity (Wildman–Crippen MR) is 105 cm³/mol. The molecule has 3 rings (SSSR count). The number of rotatable bonds is 5. The van der Waals surface area contributed by atoms with Crippen molar-refractivity contribution in [3.63, 3.8) is 0 Å². The van der Waals surface area contributed by atoms with Crippen LogP contribution in [0.3, 0.4) is 0 Å². The second kappa shape index (κ2) is 8.46. The second-order valence-electron chi connectivity index (χ2n) is 6.61. The SMILES string of the molecule is CCCCN=CC1C(=O)Nc2ccc(C(F)(F)F)cc2N(c2ccccc2)C1=O. The third-order valence-corrected chi connectivity index (χ3v) is 4.50. The zero-order valence-corrected chi connectivity index (χ0v) is 15.7. The van der Waals surface area contributed by atoms with Gasteiger partial charge in [-0.05, 0) is 36.8 Å². The highest BCUT2D eigenvalue weighted by atomic mass is 19.4. The Balaban J connectivity index is 2.11. The summed E-state index contributed by atoms with van der Waals surface area (Å²) < 4.78 is 39.8. The second-order valence-corrected chi connectivity index (χ2v) is 6.61. The van der Waals surface area contributed by atoms with E-state index in [0.29, 0.717) is 12.2 Å². The van der Waals surface area contributed by atoms with Crippen LogP contribution in [0.25, 0.3) is 0 Å². The predicted octanol–water partition coefficient (Wildman–Crippen LogP) is 4.81. The van der Waals surface area contributed by atoms with Gasteiger partial charge in [-0.3, -0.25) is 19.5 Å². The molecule has 1 atom stereocenters. The third-order valence-electron chi connectivity index (χ3n) is 4.50. The maximum Gasteiger partial charge on any atom is 0.416 e. The highest BCUT2D eigenvalue weighted by molar-refractivity contribution is 6.26. The van der Waals surface area contributed by atoms with Gasteiger partial charge in [0.1, 0.15) is 0 Å². The fourth-order valence-electron chi connectivity index (χ4n) is 2.98. The molecule has 0 spiro atoms. The molecule has 2 aromatic carbocycles. The van der Waals surface area contributed by atoms with E-state index in [-0.39, 0.29) is 11.4 Å². The molecule has 0 saturated carbocycles. The Kier molecular flexibility index (Phi) is 6.00. The molecule has 0 saturated heterocycles. The zero-order valence-electron chi connectivity index (χ0n) is 15.7. The van der Waals surface area contributed by atoms with Gasteiger partial charge in [-0.25, -0.2) is 0 Å². The van der Waals surface area contributed by atoms with Crippen molar-refractivity contribution < 1.29 is 22.8 Å². The van der Waals surface area contributed by atoms with Crippen LogP contribution < -0.4 is 10.2 Å². The molecule has 2 aromatic rings. The molecule has 1 heterocycles. The van der Waals surface area contributed by atoms with Crippen molar-refractivity contribution in [2.75, 3.05) is 16.8 Å². The van der Waals surface area contributed by atoms with Crippen LogP contribution in [0.2, 0.25) is 0 Å². The summed E-state index contributed by atoms with van der Waals surface area (Å²) in [5, 5.41) is 2.56. The number of benzene rings is 2. The summed E-state index contributed by atoms with van der Waals surface area (Å²) in [5.74, 6) is -2.53. The molecule has 2 amide bonds. The summed E-state index contributed by atoms with van der Waals surface area (Å²) in [6, 6.07) is 11.2. The molecule has 8 heteroatoms. The number of aliphatic imine (C=N–C) groups is 1. The summed E-state index contributed by atoms with van der Waals surface area (Å²) in [6.07, 6.45) is -1.60. The van der Waals surface area contributed by atoms with Gasteiger partial charge in [-0.2, -0.15) is 13.2 Å². The molecule has 1 aliphatic rings. The van der Waals surface area contributed by atoms with Gasteiger partial charge in [0, 0.05) is 18.4 Å². The molecule has 0 fully saturated rings. The number of unbranched alkanes of at least 4 members (excludes halogenated alkanes) is 1. The minimum Gasteiger partial charge on any atom is -0.323 e. The van der Waals surface area contributed by atoms with E-state index in [2.05, 4.69) is 10.3 Å². The van der Waals surface area contributed by atoms with Crippen molar-refractivity contribution in [1.82, 2.24) is 0 Å². The molecule has 0 aliphatic carbocycles. The maximum absolute atomic E-state index is 13.3. The molecular weight excluding hydrogens is 383 g/mol. The molecule has 5 nitrogen and oxygen atoms in total. The van der Waals surface area contributed by atoms with E-state index in [1.807, 2.05) is 6.92 Å². The lowest BCUT2D eigenvalue weighted by Crippen LogP contribution is -2.37. The summed E-state index contributed by atoms with van der Waals surface area (Å²) >= 11 is 0. The fraction of sp³-hybridized carbons (Fsp3) is 0.286. The lowest BCUT2D eigenvalue weighted by Gasteiger charge is -2.24. The van der Waals surface area contributed by atoms with Gasteiger partial charge >= 0.3 is 6.18 Å². The quantitative estimate of drug-likeness (QED) is 0.442. The van der Waals surface area contributed by atoms with Crippen LogP contribution in [0.1, 0.15) is 25.3 Å². The Morgan fingerprint density at radius 2 is 1.86 bits per heavy atom. The van der Waals surface area contributed by atoms with Crippen LogP contribution in [0, 0.1) is 5.92 Å². The number of carbonyl (C=O) groups is 2. The summed E-state index contributed by atoms with van der Waals surface area (Å²) in [4.78, 5) is 31.2. The number of nitrogens with zero attached hydrogens (tertiary/aromatic N) is 2. The first kappa shape index (κ1) is 20.6. The van der Waals surface area contributed by atoms with E-state index in [1.165, 1.54) is 6.21 Å². The molecule has 1 aliphatic heterocycles. The van der Waals surface area contributed by atoms with Crippen LogP contribution in [-0.2, 0) is 15.8 Å². The van der Waals surface area contributed by atoms with Gasteiger partial charge < -0.3 is 5.32 Å². The van der Waals surface area contributed by atoms with E-state index in [1.54, 1.807) is 30.3 Å². The maximum atomic E-state index is 13.3. The van der Waals surface area contributed by atoms with E-state index >= 15 is 0 Å². The van der Waals surface area contributed by atoms with Gasteiger partial charge in [0.2, 0.25) is 11.8 Å². The fourth-order valence-corrected chi connectivity index (χ4v) is 2.98. The number of hydrogen-bond acceptors (Lipinski definition) is 3.